The van der Waals surface area contributed by atoms with Crippen LogP contribution in [-0.2, 0) is 0 Å². The van der Waals surface area contributed by atoms with Gasteiger partial charge in [-0.1, -0.05) is 37.3 Å². The Morgan fingerprint density at radius 1 is 1.55 bits per heavy atom. The van der Waals surface area contributed by atoms with E-state index in [-0.39, 0.29) is 24.0 Å². The number of nitrogens with one attached hydrogen (secondary N) is 1. The summed E-state index contributed by atoms with van der Waals surface area (Å²) in [5.41, 5.74) is 1.42. The van der Waals surface area contributed by atoms with Crippen LogP contribution in [0.4, 0.5) is 0 Å². The van der Waals surface area contributed by atoms with Crippen molar-refractivity contribution in [3.05, 3.63) is 34.3 Å². The molecule has 1 atom stereocenters. The average Bonchev–Trinajstić information content (AvgIpc) is 2.98. The number of hydrogen-bond acceptors (Lipinski definition) is 2. The van der Waals surface area contributed by atoms with Crippen LogP contribution in [0, 0.1) is 17.3 Å². The van der Waals surface area contributed by atoms with Crippen molar-refractivity contribution < 1.29 is 9.90 Å². The van der Waals surface area contributed by atoms with Crippen LogP contribution >= 0.6 is 11.6 Å². The summed E-state index contributed by atoms with van der Waals surface area (Å²) in [5, 5.41) is 12.1. The van der Waals surface area contributed by atoms with Crippen molar-refractivity contribution in [1.82, 2.24) is 5.32 Å². The summed E-state index contributed by atoms with van der Waals surface area (Å²) in [5.74, 6) is 5.58. The Hall–Kier alpha value is -1.50. The Morgan fingerprint density at radius 3 is 2.80 bits per heavy atom. The maximum absolute atomic E-state index is 12.1. The lowest BCUT2D eigenvalue weighted by molar-refractivity contribution is 0.0946. The van der Waals surface area contributed by atoms with Crippen LogP contribution < -0.4 is 5.32 Å². The van der Waals surface area contributed by atoms with Crippen LogP contribution in [-0.4, -0.2) is 23.7 Å². The predicted octanol–water partition coefficient (Wildman–Crippen LogP) is 2.60. The highest BCUT2D eigenvalue weighted by molar-refractivity contribution is 6.32. The van der Waals surface area contributed by atoms with Gasteiger partial charge in [0.15, 0.2) is 0 Å². The Morgan fingerprint density at radius 2 is 2.25 bits per heavy atom. The summed E-state index contributed by atoms with van der Waals surface area (Å²) in [6, 6.07) is 5.34. The zero-order valence-corrected chi connectivity index (χ0v) is 12.4. The molecule has 1 amide bonds. The third kappa shape index (κ3) is 3.53. The molecule has 1 aromatic rings. The first-order chi connectivity index (χ1) is 9.44. The van der Waals surface area contributed by atoms with Crippen molar-refractivity contribution in [2.45, 2.75) is 32.7 Å². The van der Waals surface area contributed by atoms with Gasteiger partial charge >= 0.3 is 0 Å². The lowest BCUT2D eigenvalue weighted by Gasteiger charge is -2.07. The Labute approximate surface area is 124 Å². The van der Waals surface area contributed by atoms with E-state index in [9.17, 15) is 4.79 Å². The molecular formula is C16H18ClNO2. The summed E-state index contributed by atoms with van der Waals surface area (Å²) >= 11 is 6.12. The van der Waals surface area contributed by atoms with Gasteiger partial charge in [-0.05, 0) is 30.0 Å². The fourth-order valence-corrected chi connectivity index (χ4v) is 2.15. The molecule has 1 unspecified atom stereocenters. The number of halogens is 1. The van der Waals surface area contributed by atoms with Crippen molar-refractivity contribution in [3.8, 4) is 11.8 Å². The number of rotatable bonds is 3. The molecule has 2 N–H and O–H groups in total. The maximum atomic E-state index is 12.1. The third-order valence-electron chi connectivity index (χ3n) is 3.51. The van der Waals surface area contributed by atoms with E-state index in [0.29, 0.717) is 22.6 Å². The van der Waals surface area contributed by atoms with Gasteiger partial charge in [0, 0.05) is 23.6 Å². The van der Waals surface area contributed by atoms with E-state index < -0.39 is 0 Å². The summed E-state index contributed by atoms with van der Waals surface area (Å²) in [7, 11) is 0. The summed E-state index contributed by atoms with van der Waals surface area (Å²) in [4.78, 5) is 12.1. The van der Waals surface area contributed by atoms with Crippen LogP contribution in [0.1, 0.15) is 42.6 Å². The number of carbonyl (C=O) groups excluding carboxylic acids is 1. The van der Waals surface area contributed by atoms with Gasteiger partial charge < -0.3 is 10.4 Å². The van der Waals surface area contributed by atoms with E-state index >= 15 is 0 Å². The minimum absolute atomic E-state index is 0.0300. The number of carbonyl (C=O) groups is 1. The molecule has 1 aromatic carbocycles. The second-order valence-corrected chi connectivity index (χ2v) is 6.10. The van der Waals surface area contributed by atoms with Gasteiger partial charge in [0.1, 0.15) is 0 Å². The van der Waals surface area contributed by atoms with Gasteiger partial charge in [-0.25, -0.2) is 0 Å². The summed E-state index contributed by atoms with van der Waals surface area (Å²) in [6.07, 6.45) is 1.42. The minimum atomic E-state index is -0.0997. The van der Waals surface area contributed by atoms with Crippen LogP contribution in [0.3, 0.4) is 0 Å². The van der Waals surface area contributed by atoms with Crippen molar-refractivity contribution >= 4 is 17.5 Å². The van der Waals surface area contributed by atoms with E-state index in [0.717, 1.165) is 6.42 Å². The van der Waals surface area contributed by atoms with Crippen molar-refractivity contribution in [3.63, 3.8) is 0 Å². The average molecular weight is 292 g/mol. The Balaban J connectivity index is 2.05. The van der Waals surface area contributed by atoms with Crippen LogP contribution in [0.2, 0.25) is 5.02 Å². The molecule has 0 aromatic heterocycles. The largest absolute Gasteiger partial charge is 0.395 e. The quantitative estimate of drug-likeness (QED) is 0.841. The molecule has 20 heavy (non-hydrogen) atoms. The molecule has 3 nitrogen and oxygen atoms in total. The van der Waals surface area contributed by atoms with Crippen molar-refractivity contribution in [2.24, 2.45) is 5.41 Å². The Kier molecular flexibility index (Phi) is 4.37. The molecule has 4 heteroatoms. The molecule has 106 valence electrons. The fraction of sp³-hybridized carbons (Fsp3) is 0.438. The topological polar surface area (TPSA) is 49.3 Å². The second-order valence-electron chi connectivity index (χ2n) is 5.69. The van der Waals surface area contributed by atoms with Crippen LogP contribution in [0.15, 0.2) is 18.2 Å². The van der Waals surface area contributed by atoms with E-state index in [4.69, 9.17) is 16.7 Å². The second kappa shape index (κ2) is 5.87. The first-order valence-corrected chi connectivity index (χ1v) is 7.02. The highest BCUT2D eigenvalue weighted by Crippen LogP contribution is 2.44. The van der Waals surface area contributed by atoms with Gasteiger partial charge in [-0.15, -0.1) is 0 Å². The van der Waals surface area contributed by atoms with E-state index in [1.54, 1.807) is 18.2 Å². The minimum Gasteiger partial charge on any atom is -0.395 e. The molecule has 2 rings (SSSR count). The Bertz CT molecular complexity index is 584. The fourth-order valence-electron chi connectivity index (χ4n) is 1.93. The lowest BCUT2D eigenvalue weighted by Crippen LogP contribution is -2.28. The van der Waals surface area contributed by atoms with Gasteiger partial charge in [0.2, 0.25) is 0 Å². The molecular weight excluding hydrogens is 274 g/mol. The third-order valence-corrected chi connectivity index (χ3v) is 3.82. The number of amides is 1. The van der Waals surface area contributed by atoms with Gasteiger partial charge in [0.05, 0.1) is 11.6 Å². The van der Waals surface area contributed by atoms with Crippen LogP contribution in [0.5, 0.6) is 0 Å². The van der Waals surface area contributed by atoms with E-state index in [2.05, 4.69) is 31.0 Å². The monoisotopic (exact) mass is 291 g/mol. The molecule has 0 radical (unpaired) electrons. The highest BCUT2D eigenvalue weighted by Gasteiger charge is 2.46. The molecule has 0 spiro atoms. The highest BCUT2D eigenvalue weighted by atomic mass is 35.5. The molecule has 1 fully saturated rings. The maximum Gasteiger partial charge on any atom is 0.251 e. The molecule has 0 saturated heterocycles. The molecule has 1 aliphatic rings. The van der Waals surface area contributed by atoms with Gasteiger partial charge in [0.25, 0.3) is 5.91 Å². The van der Waals surface area contributed by atoms with Crippen LogP contribution in [0.25, 0.3) is 0 Å². The summed E-state index contributed by atoms with van der Waals surface area (Å²) < 4.78 is 0. The summed E-state index contributed by atoms with van der Waals surface area (Å²) in [6.45, 7) is 4.29. The standard InChI is InChI=1S/C16H18ClNO2/c1-16(2)10-14(16)18-15(20)12-7-6-11(13(17)9-12)5-3-4-8-19/h6-7,9,14,19H,4,8,10H2,1-2H3,(H,18,20). The zero-order valence-electron chi connectivity index (χ0n) is 11.7. The van der Waals surface area contributed by atoms with Crippen molar-refractivity contribution in [1.29, 1.82) is 0 Å². The molecule has 0 heterocycles. The number of aliphatic hydroxyl groups is 1. The molecule has 0 aliphatic heterocycles. The number of aliphatic hydroxyl groups excluding tert-OH is 1. The first-order valence-electron chi connectivity index (χ1n) is 6.64. The first kappa shape index (κ1) is 14.9. The molecule has 0 bridgehead atoms. The smallest absolute Gasteiger partial charge is 0.251 e. The van der Waals surface area contributed by atoms with Gasteiger partial charge in [-0.2, -0.15) is 0 Å². The zero-order chi connectivity index (χ0) is 14.8. The predicted molar refractivity (Wildman–Crippen MR) is 79.7 cm³/mol. The molecule has 1 saturated carbocycles. The lowest BCUT2D eigenvalue weighted by atomic mass is 10.1. The van der Waals surface area contributed by atoms with E-state index in [1.807, 2.05) is 0 Å². The normalized spacial score (nSPS) is 18.9. The van der Waals surface area contributed by atoms with Gasteiger partial charge in [-0.3, -0.25) is 4.79 Å². The molecule has 1 aliphatic carbocycles. The number of benzene rings is 1. The van der Waals surface area contributed by atoms with E-state index in [1.165, 1.54) is 0 Å². The SMILES string of the molecule is CC1(C)CC1NC(=O)c1ccc(C#CCCO)c(Cl)c1. The van der Waals surface area contributed by atoms with Crippen molar-refractivity contribution in [2.75, 3.05) is 6.61 Å². The number of hydrogen-bond donors (Lipinski definition) is 2.